The lowest BCUT2D eigenvalue weighted by atomic mass is 10.0. The standard InChI is InChI=1S/C35H38N4O6S/c1-4-27(3)36-35(41)33(22-28-12-7-5-8-13-28)37(24-29-20-18-26(2)19-21-29)34(40)25-38(30-14-11-15-31(23-30)39(42)43)46(44,45)32-16-9-6-10-17-32/h5-21,23,27,33H,4,22,24-25H2,1-3H3,(H,36,41)/t27-,33-/m0/s1. The van der Waals surface area contributed by atoms with Gasteiger partial charge in [0, 0.05) is 31.1 Å². The molecule has 0 aliphatic carbocycles. The van der Waals surface area contributed by atoms with Crippen molar-refractivity contribution in [3.8, 4) is 0 Å². The number of carbonyl (C=O) groups is 2. The van der Waals surface area contributed by atoms with E-state index >= 15 is 0 Å². The van der Waals surface area contributed by atoms with Gasteiger partial charge in [0.05, 0.1) is 15.5 Å². The molecule has 4 aromatic rings. The Hall–Kier alpha value is -5.03. The molecular weight excluding hydrogens is 604 g/mol. The van der Waals surface area contributed by atoms with Gasteiger partial charge in [-0.1, -0.05) is 91.3 Å². The van der Waals surface area contributed by atoms with Gasteiger partial charge in [-0.15, -0.1) is 0 Å². The zero-order valence-electron chi connectivity index (χ0n) is 26.1. The van der Waals surface area contributed by atoms with Gasteiger partial charge in [-0.05, 0) is 49.6 Å². The molecule has 4 rings (SSSR count). The normalized spacial score (nSPS) is 12.5. The molecule has 0 heterocycles. The predicted molar refractivity (Wildman–Crippen MR) is 178 cm³/mol. The second-order valence-corrected chi connectivity index (χ2v) is 13.0. The first kappa shape index (κ1) is 33.9. The molecule has 11 heteroatoms. The van der Waals surface area contributed by atoms with Gasteiger partial charge in [0.15, 0.2) is 0 Å². The highest BCUT2D eigenvalue weighted by Gasteiger charge is 2.35. The van der Waals surface area contributed by atoms with Crippen molar-refractivity contribution in [3.05, 3.63) is 136 Å². The number of nitrogens with one attached hydrogen (secondary N) is 1. The van der Waals surface area contributed by atoms with Crippen LogP contribution in [-0.2, 0) is 32.6 Å². The van der Waals surface area contributed by atoms with Gasteiger partial charge in [-0.3, -0.25) is 24.0 Å². The van der Waals surface area contributed by atoms with Crippen LogP contribution in [-0.4, -0.2) is 48.7 Å². The van der Waals surface area contributed by atoms with Crippen LogP contribution in [0.15, 0.2) is 114 Å². The number of nitrogens with zero attached hydrogens (tertiary/aromatic N) is 3. The number of anilines is 1. The molecule has 2 atom stereocenters. The van der Waals surface area contributed by atoms with Gasteiger partial charge in [0.25, 0.3) is 15.7 Å². The van der Waals surface area contributed by atoms with Crippen LogP contribution in [0, 0.1) is 17.0 Å². The number of carbonyl (C=O) groups excluding carboxylic acids is 2. The summed E-state index contributed by atoms with van der Waals surface area (Å²) < 4.78 is 29.0. The first-order valence-corrected chi connectivity index (χ1v) is 16.4. The van der Waals surface area contributed by atoms with Crippen molar-refractivity contribution in [3.63, 3.8) is 0 Å². The number of nitro groups is 1. The minimum atomic E-state index is -4.37. The van der Waals surface area contributed by atoms with Crippen molar-refractivity contribution < 1.29 is 22.9 Å². The van der Waals surface area contributed by atoms with Crippen LogP contribution in [0.2, 0.25) is 0 Å². The van der Waals surface area contributed by atoms with E-state index in [1.54, 1.807) is 18.2 Å². The molecular formula is C35H38N4O6S. The maximum absolute atomic E-state index is 14.5. The number of aryl methyl sites for hydroxylation is 1. The lowest BCUT2D eigenvalue weighted by Crippen LogP contribution is -2.54. The third kappa shape index (κ3) is 8.57. The van der Waals surface area contributed by atoms with Crippen LogP contribution in [0.25, 0.3) is 0 Å². The second kappa shape index (κ2) is 15.3. The van der Waals surface area contributed by atoms with Crippen molar-refractivity contribution >= 4 is 33.2 Å². The molecule has 4 aromatic carbocycles. The Bertz CT molecular complexity index is 1750. The van der Waals surface area contributed by atoms with Gasteiger partial charge >= 0.3 is 0 Å². The molecule has 0 saturated carbocycles. The second-order valence-electron chi connectivity index (χ2n) is 11.1. The summed E-state index contributed by atoms with van der Waals surface area (Å²) in [5, 5.41) is 14.6. The zero-order chi connectivity index (χ0) is 33.3. The highest BCUT2D eigenvalue weighted by atomic mass is 32.2. The van der Waals surface area contributed by atoms with Gasteiger partial charge in [0.2, 0.25) is 11.8 Å². The molecule has 0 aliphatic heterocycles. The summed E-state index contributed by atoms with van der Waals surface area (Å²) in [5.41, 5.74) is 2.21. The molecule has 0 bridgehead atoms. The fourth-order valence-corrected chi connectivity index (χ4v) is 6.32. The Morgan fingerprint density at radius 1 is 0.870 bits per heavy atom. The van der Waals surface area contributed by atoms with E-state index in [-0.39, 0.29) is 41.2 Å². The average molecular weight is 643 g/mol. The van der Waals surface area contributed by atoms with E-state index in [1.165, 1.54) is 35.2 Å². The lowest BCUT2D eigenvalue weighted by molar-refractivity contribution is -0.384. The Morgan fingerprint density at radius 3 is 2.11 bits per heavy atom. The molecule has 0 aliphatic rings. The number of rotatable bonds is 14. The highest BCUT2D eigenvalue weighted by Crippen LogP contribution is 2.28. The van der Waals surface area contributed by atoms with Gasteiger partial charge in [0.1, 0.15) is 12.6 Å². The molecule has 10 nitrogen and oxygen atoms in total. The molecule has 240 valence electrons. The molecule has 1 N–H and O–H groups in total. The van der Waals surface area contributed by atoms with E-state index in [0.29, 0.717) is 6.42 Å². The van der Waals surface area contributed by atoms with Crippen LogP contribution in [0.4, 0.5) is 11.4 Å². The molecule has 0 unspecified atom stereocenters. The van der Waals surface area contributed by atoms with E-state index in [0.717, 1.165) is 27.1 Å². The van der Waals surface area contributed by atoms with Crippen molar-refractivity contribution in [2.75, 3.05) is 10.8 Å². The number of non-ortho nitro benzene ring substituents is 1. The molecule has 46 heavy (non-hydrogen) atoms. The summed E-state index contributed by atoms with van der Waals surface area (Å²) in [4.78, 5) is 40.7. The molecule has 0 aromatic heterocycles. The number of benzene rings is 4. The van der Waals surface area contributed by atoms with Crippen molar-refractivity contribution in [1.82, 2.24) is 10.2 Å². The summed E-state index contributed by atoms with van der Waals surface area (Å²) in [7, 11) is -4.37. The highest BCUT2D eigenvalue weighted by molar-refractivity contribution is 7.92. The van der Waals surface area contributed by atoms with E-state index < -0.39 is 33.4 Å². The van der Waals surface area contributed by atoms with E-state index in [9.17, 15) is 28.1 Å². The number of nitro benzene ring substituents is 1. The Morgan fingerprint density at radius 2 is 1.50 bits per heavy atom. The monoisotopic (exact) mass is 642 g/mol. The number of hydrogen-bond donors (Lipinski definition) is 1. The lowest BCUT2D eigenvalue weighted by Gasteiger charge is -2.34. The van der Waals surface area contributed by atoms with Crippen LogP contribution >= 0.6 is 0 Å². The maximum atomic E-state index is 14.5. The van der Waals surface area contributed by atoms with E-state index in [4.69, 9.17) is 0 Å². The zero-order valence-corrected chi connectivity index (χ0v) is 26.9. The van der Waals surface area contributed by atoms with Crippen LogP contribution < -0.4 is 9.62 Å². The number of amides is 2. The molecule has 0 saturated heterocycles. The number of hydrogen-bond acceptors (Lipinski definition) is 6. The van der Waals surface area contributed by atoms with E-state index in [1.807, 2.05) is 75.4 Å². The number of sulfonamides is 1. The Kier molecular flexibility index (Phi) is 11.3. The minimum Gasteiger partial charge on any atom is -0.352 e. The largest absolute Gasteiger partial charge is 0.352 e. The third-order valence-corrected chi connectivity index (χ3v) is 9.47. The first-order chi connectivity index (χ1) is 22.0. The summed E-state index contributed by atoms with van der Waals surface area (Å²) in [6.07, 6.45) is 0.856. The first-order valence-electron chi connectivity index (χ1n) is 15.0. The van der Waals surface area contributed by atoms with Crippen molar-refractivity contribution in [2.45, 2.75) is 57.1 Å². The topological polar surface area (TPSA) is 130 Å². The summed E-state index contributed by atoms with van der Waals surface area (Å²) in [6, 6.07) is 28.4. The predicted octanol–water partition coefficient (Wildman–Crippen LogP) is 5.65. The van der Waals surface area contributed by atoms with Crippen LogP contribution in [0.5, 0.6) is 0 Å². The summed E-state index contributed by atoms with van der Waals surface area (Å²) in [5.74, 6) is -1.02. The quantitative estimate of drug-likeness (QED) is 0.140. The smallest absolute Gasteiger partial charge is 0.271 e. The Balaban J connectivity index is 1.83. The Labute approximate surface area is 269 Å². The van der Waals surface area contributed by atoms with Crippen LogP contribution in [0.1, 0.15) is 37.0 Å². The summed E-state index contributed by atoms with van der Waals surface area (Å²) in [6.45, 7) is 5.08. The fourth-order valence-electron chi connectivity index (χ4n) is 4.90. The van der Waals surface area contributed by atoms with Gasteiger partial charge in [-0.2, -0.15) is 0 Å². The SMILES string of the molecule is CC[C@H](C)NC(=O)[C@H](Cc1ccccc1)N(Cc1ccc(C)cc1)C(=O)CN(c1cccc([N+](=O)[O-])c1)S(=O)(=O)c1ccccc1. The average Bonchev–Trinajstić information content (AvgIpc) is 3.06. The van der Waals surface area contributed by atoms with Gasteiger partial charge in [-0.25, -0.2) is 8.42 Å². The molecule has 0 radical (unpaired) electrons. The summed E-state index contributed by atoms with van der Waals surface area (Å²) >= 11 is 0. The minimum absolute atomic E-state index is 0.0265. The van der Waals surface area contributed by atoms with Gasteiger partial charge < -0.3 is 10.2 Å². The molecule has 2 amide bonds. The molecule has 0 spiro atoms. The fraction of sp³-hybridized carbons (Fsp3) is 0.257. The third-order valence-electron chi connectivity index (χ3n) is 7.68. The van der Waals surface area contributed by atoms with E-state index in [2.05, 4.69) is 5.32 Å². The molecule has 0 fully saturated rings. The maximum Gasteiger partial charge on any atom is 0.271 e. The van der Waals surface area contributed by atoms with Crippen molar-refractivity contribution in [1.29, 1.82) is 0 Å². The van der Waals surface area contributed by atoms with Crippen molar-refractivity contribution in [2.24, 2.45) is 0 Å². The van der Waals surface area contributed by atoms with Crippen LogP contribution in [0.3, 0.4) is 0 Å².